The average Bonchev–Trinajstić information content (AvgIpc) is 2.69. The van der Waals surface area contributed by atoms with Crippen molar-refractivity contribution < 1.29 is 9.50 Å². The van der Waals surface area contributed by atoms with Gasteiger partial charge in [0.05, 0.1) is 13.2 Å². The third-order valence-electron chi connectivity index (χ3n) is 2.47. The summed E-state index contributed by atoms with van der Waals surface area (Å²) in [5, 5.41) is 21.5. The van der Waals surface area contributed by atoms with Crippen LogP contribution in [-0.4, -0.2) is 31.4 Å². The van der Waals surface area contributed by atoms with Crippen LogP contribution in [0.2, 0.25) is 5.02 Å². The highest BCUT2D eigenvalue weighted by molar-refractivity contribution is 6.31. The molecule has 2 rings (SSSR count). The molecular weight excluding hydrogens is 259 g/mol. The lowest BCUT2D eigenvalue weighted by Crippen LogP contribution is -2.16. The molecule has 1 aromatic heterocycles. The fourth-order valence-corrected chi connectivity index (χ4v) is 1.89. The molecule has 5 nitrogen and oxygen atoms in total. The van der Waals surface area contributed by atoms with Gasteiger partial charge in [0.1, 0.15) is 5.82 Å². The van der Waals surface area contributed by atoms with Gasteiger partial charge in [-0.05, 0) is 17.3 Å². The number of aliphatic hydroxyl groups is 1. The highest BCUT2D eigenvalue weighted by Gasteiger charge is 2.15. The lowest BCUT2D eigenvalue weighted by Gasteiger charge is -2.10. The molecular formula is C11H12ClFN4O. The van der Waals surface area contributed by atoms with E-state index in [1.807, 2.05) is 0 Å². The van der Waals surface area contributed by atoms with Crippen molar-refractivity contribution in [3.8, 4) is 0 Å². The molecule has 1 atom stereocenters. The van der Waals surface area contributed by atoms with Gasteiger partial charge in [0, 0.05) is 23.4 Å². The van der Waals surface area contributed by atoms with E-state index in [-0.39, 0.29) is 12.8 Å². The molecule has 0 radical (unpaired) electrons. The Morgan fingerprint density at radius 1 is 1.44 bits per heavy atom. The van der Waals surface area contributed by atoms with Crippen LogP contribution in [0, 0.1) is 5.82 Å². The lowest BCUT2D eigenvalue weighted by molar-refractivity contribution is 0.171. The van der Waals surface area contributed by atoms with Gasteiger partial charge in [0.2, 0.25) is 0 Å². The second kappa shape index (κ2) is 5.41. The van der Waals surface area contributed by atoms with Gasteiger partial charge in [-0.2, -0.15) is 4.80 Å². The van der Waals surface area contributed by atoms with E-state index in [1.165, 1.54) is 16.9 Å². The first-order valence-electron chi connectivity index (χ1n) is 5.40. The van der Waals surface area contributed by atoms with Crippen LogP contribution in [0.3, 0.4) is 0 Å². The third kappa shape index (κ3) is 3.02. The Balaban J connectivity index is 2.05. The van der Waals surface area contributed by atoms with E-state index < -0.39 is 11.9 Å². The van der Waals surface area contributed by atoms with Gasteiger partial charge in [-0.15, -0.1) is 10.2 Å². The topological polar surface area (TPSA) is 63.8 Å². The minimum Gasteiger partial charge on any atom is -0.392 e. The molecule has 0 aliphatic carbocycles. The zero-order valence-electron chi connectivity index (χ0n) is 9.72. The van der Waals surface area contributed by atoms with Gasteiger partial charge in [-0.25, -0.2) is 4.39 Å². The number of halogens is 2. The zero-order chi connectivity index (χ0) is 13.1. The van der Waals surface area contributed by atoms with Crippen molar-refractivity contribution in [3.63, 3.8) is 0 Å². The van der Waals surface area contributed by atoms with Crippen LogP contribution < -0.4 is 0 Å². The first kappa shape index (κ1) is 12.9. The maximum absolute atomic E-state index is 13.5. The molecule has 0 saturated heterocycles. The number of aryl methyl sites for hydroxylation is 1. The summed E-state index contributed by atoms with van der Waals surface area (Å²) in [5.41, 5.74) is 0.301. The van der Waals surface area contributed by atoms with E-state index >= 15 is 0 Å². The molecule has 0 aliphatic rings. The fourth-order valence-electron chi connectivity index (χ4n) is 1.65. The molecule has 0 spiro atoms. The van der Waals surface area contributed by atoms with Crippen molar-refractivity contribution in [2.24, 2.45) is 7.05 Å². The number of rotatable bonds is 4. The highest BCUT2D eigenvalue weighted by Crippen LogP contribution is 2.21. The Kier molecular flexibility index (Phi) is 3.88. The van der Waals surface area contributed by atoms with Gasteiger partial charge >= 0.3 is 0 Å². The number of hydrogen-bond acceptors (Lipinski definition) is 4. The predicted molar refractivity (Wildman–Crippen MR) is 63.6 cm³/mol. The van der Waals surface area contributed by atoms with Gasteiger partial charge in [0.25, 0.3) is 0 Å². The molecule has 0 aliphatic heterocycles. The summed E-state index contributed by atoms with van der Waals surface area (Å²) in [7, 11) is 1.64. The maximum atomic E-state index is 13.5. The molecule has 2 aromatic rings. The smallest absolute Gasteiger partial charge is 0.177 e. The third-order valence-corrected chi connectivity index (χ3v) is 2.82. The summed E-state index contributed by atoms with van der Waals surface area (Å²) >= 11 is 5.88. The summed E-state index contributed by atoms with van der Waals surface area (Å²) in [5.74, 6) is -0.00823. The van der Waals surface area contributed by atoms with Gasteiger partial charge in [0.15, 0.2) is 5.82 Å². The van der Waals surface area contributed by atoms with Crippen LogP contribution >= 0.6 is 11.6 Å². The highest BCUT2D eigenvalue weighted by atomic mass is 35.5. The van der Waals surface area contributed by atoms with Gasteiger partial charge < -0.3 is 5.11 Å². The quantitative estimate of drug-likeness (QED) is 0.905. The Hall–Kier alpha value is -1.53. The summed E-state index contributed by atoms with van der Waals surface area (Å²) in [6, 6.07) is 4.43. The zero-order valence-corrected chi connectivity index (χ0v) is 10.5. The molecule has 7 heteroatoms. The maximum Gasteiger partial charge on any atom is 0.177 e. The normalized spacial score (nSPS) is 12.7. The number of aliphatic hydroxyl groups excluding tert-OH is 1. The minimum atomic E-state index is -0.802. The van der Waals surface area contributed by atoms with Crippen LogP contribution in [0.4, 0.5) is 4.39 Å². The van der Waals surface area contributed by atoms with Crippen molar-refractivity contribution in [1.29, 1.82) is 0 Å². The number of hydrogen-bond donors (Lipinski definition) is 1. The molecule has 0 amide bonds. The van der Waals surface area contributed by atoms with Crippen molar-refractivity contribution in [3.05, 3.63) is 40.4 Å². The Morgan fingerprint density at radius 2 is 2.22 bits per heavy atom. The number of tetrazole rings is 1. The summed E-state index contributed by atoms with van der Waals surface area (Å²) in [6.45, 7) is 0. The van der Waals surface area contributed by atoms with E-state index in [4.69, 9.17) is 11.6 Å². The van der Waals surface area contributed by atoms with Gasteiger partial charge in [-0.1, -0.05) is 17.7 Å². The van der Waals surface area contributed by atoms with Crippen LogP contribution in [0.5, 0.6) is 0 Å². The molecule has 0 saturated carbocycles. The van der Waals surface area contributed by atoms with E-state index in [2.05, 4.69) is 15.4 Å². The Morgan fingerprint density at radius 3 is 2.83 bits per heavy atom. The molecule has 1 unspecified atom stereocenters. The molecule has 1 N–H and O–H groups in total. The van der Waals surface area contributed by atoms with E-state index in [1.54, 1.807) is 13.1 Å². The number of aromatic nitrogens is 4. The van der Waals surface area contributed by atoms with Crippen LogP contribution in [0.25, 0.3) is 0 Å². The molecule has 0 fully saturated rings. The Bertz CT molecular complexity index is 525. The van der Waals surface area contributed by atoms with E-state index in [9.17, 15) is 9.50 Å². The van der Waals surface area contributed by atoms with Gasteiger partial charge in [-0.3, -0.25) is 0 Å². The molecule has 18 heavy (non-hydrogen) atoms. The number of benzene rings is 1. The fraction of sp³-hybridized carbons (Fsp3) is 0.364. The van der Waals surface area contributed by atoms with Crippen LogP contribution in [0.15, 0.2) is 18.2 Å². The first-order valence-corrected chi connectivity index (χ1v) is 5.78. The second-order valence-corrected chi connectivity index (χ2v) is 4.36. The second-order valence-electron chi connectivity index (χ2n) is 3.96. The average molecular weight is 271 g/mol. The standard InChI is InChI=1S/C11H12ClFN4O/c1-17-15-11(14-16-17)6-7(18)5-8-9(12)3-2-4-10(8)13/h2-4,7,18H,5-6H2,1H3. The molecule has 1 aromatic carbocycles. The Labute approximate surface area is 108 Å². The summed E-state index contributed by atoms with van der Waals surface area (Å²) < 4.78 is 13.5. The van der Waals surface area contributed by atoms with E-state index in [0.717, 1.165) is 0 Å². The van der Waals surface area contributed by atoms with Crippen LogP contribution in [-0.2, 0) is 19.9 Å². The molecule has 0 bridgehead atoms. The first-order chi connectivity index (χ1) is 8.56. The van der Waals surface area contributed by atoms with E-state index in [0.29, 0.717) is 16.4 Å². The molecule has 1 heterocycles. The van der Waals surface area contributed by atoms with Crippen molar-refractivity contribution in [2.75, 3.05) is 0 Å². The monoisotopic (exact) mass is 270 g/mol. The predicted octanol–water partition coefficient (Wildman–Crippen LogP) is 1.15. The van der Waals surface area contributed by atoms with Crippen LogP contribution in [0.1, 0.15) is 11.4 Å². The van der Waals surface area contributed by atoms with Crippen molar-refractivity contribution in [1.82, 2.24) is 20.2 Å². The SMILES string of the molecule is Cn1nnc(CC(O)Cc2c(F)cccc2Cl)n1. The summed E-state index contributed by atoms with van der Waals surface area (Å²) in [4.78, 5) is 1.30. The van der Waals surface area contributed by atoms with Crippen molar-refractivity contribution in [2.45, 2.75) is 18.9 Å². The minimum absolute atomic E-state index is 0.115. The lowest BCUT2D eigenvalue weighted by atomic mass is 10.0. The summed E-state index contributed by atoms with van der Waals surface area (Å²) in [6.07, 6.45) is -0.481. The largest absolute Gasteiger partial charge is 0.392 e. The number of nitrogens with zero attached hydrogens (tertiary/aromatic N) is 4. The molecule has 96 valence electrons. The van der Waals surface area contributed by atoms with Crippen molar-refractivity contribution >= 4 is 11.6 Å².